The SMILES string of the molecule is CC1CN(CC2CCC(C)(C)CC2)CCN1.Cl. The smallest absolute Gasteiger partial charge is 0.0167 e. The molecule has 1 atom stereocenters. The summed E-state index contributed by atoms with van der Waals surface area (Å²) in [5.41, 5.74) is 0.618. The van der Waals surface area contributed by atoms with E-state index in [1.54, 1.807) is 0 Å². The van der Waals surface area contributed by atoms with Crippen molar-refractivity contribution in [3.63, 3.8) is 0 Å². The number of hydrogen-bond donors (Lipinski definition) is 1. The lowest BCUT2D eigenvalue weighted by Gasteiger charge is -2.39. The minimum Gasteiger partial charge on any atom is -0.312 e. The van der Waals surface area contributed by atoms with Crippen LogP contribution in [0.3, 0.4) is 0 Å². The molecular weight excluding hydrogens is 232 g/mol. The fourth-order valence-corrected chi connectivity index (χ4v) is 3.18. The molecule has 0 aromatic rings. The molecule has 102 valence electrons. The number of piperazine rings is 1. The van der Waals surface area contributed by atoms with E-state index in [2.05, 4.69) is 31.0 Å². The lowest BCUT2D eigenvalue weighted by molar-refractivity contribution is 0.125. The average Bonchev–Trinajstić information content (AvgIpc) is 2.21. The molecule has 1 saturated heterocycles. The molecule has 0 aromatic carbocycles. The molecular formula is C14H29ClN2. The van der Waals surface area contributed by atoms with E-state index >= 15 is 0 Å². The van der Waals surface area contributed by atoms with E-state index in [1.165, 1.54) is 51.9 Å². The summed E-state index contributed by atoms with van der Waals surface area (Å²) in [6.07, 6.45) is 5.76. The van der Waals surface area contributed by atoms with Crippen molar-refractivity contribution in [2.24, 2.45) is 11.3 Å². The summed E-state index contributed by atoms with van der Waals surface area (Å²) in [5.74, 6) is 0.971. The highest BCUT2D eigenvalue weighted by molar-refractivity contribution is 5.85. The zero-order valence-corrected chi connectivity index (χ0v) is 12.5. The number of nitrogens with zero attached hydrogens (tertiary/aromatic N) is 1. The second-order valence-corrected chi connectivity index (χ2v) is 6.72. The summed E-state index contributed by atoms with van der Waals surface area (Å²) in [4.78, 5) is 2.67. The van der Waals surface area contributed by atoms with Crippen LogP contribution in [0.1, 0.15) is 46.5 Å². The number of rotatable bonds is 2. The van der Waals surface area contributed by atoms with Gasteiger partial charge in [-0.1, -0.05) is 13.8 Å². The predicted octanol–water partition coefficient (Wildman–Crippen LogP) is 2.92. The summed E-state index contributed by atoms with van der Waals surface area (Å²) in [6.45, 7) is 12.2. The second kappa shape index (κ2) is 6.40. The van der Waals surface area contributed by atoms with Crippen molar-refractivity contribution in [1.82, 2.24) is 10.2 Å². The Balaban J connectivity index is 0.00000144. The summed E-state index contributed by atoms with van der Waals surface area (Å²) in [6, 6.07) is 0.689. The third-order valence-electron chi connectivity index (χ3n) is 4.43. The standard InChI is InChI=1S/C14H28N2.ClH/c1-12-10-16(9-8-15-12)11-13-4-6-14(2,3)7-5-13;/h12-13,15H,4-11H2,1-3H3;1H. The Bertz CT molecular complexity index is 220. The van der Waals surface area contributed by atoms with Gasteiger partial charge in [-0.15, -0.1) is 12.4 Å². The summed E-state index contributed by atoms with van der Waals surface area (Å²) in [7, 11) is 0. The molecule has 0 spiro atoms. The quantitative estimate of drug-likeness (QED) is 0.821. The number of hydrogen-bond acceptors (Lipinski definition) is 2. The maximum absolute atomic E-state index is 3.52. The number of nitrogens with one attached hydrogen (secondary N) is 1. The van der Waals surface area contributed by atoms with Crippen LogP contribution in [0.4, 0.5) is 0 Å². The van der Waals surface area contributed by atoms with Gasteiger partial charge in [0, 0.05) is 32.2 Å². The van der Waals surface area contributed by atoms with E-state index in [0.29, 0.717) is 11.5 Å². The van der Waals surface area contributed by atoms with Crippen molar-refractivity contribution in [2.45, 2.75) is 52.5 Å². The topological polar surface area (TPSA) is 15.3 Å². The van der Waals surface area contributed by atoms with Gasteiger partial charge in [-0.25, -0.2) is 0 Å². The fourth-order valence-electron chi connectivity index (χ4n) is 3.18. The molecule has 1 aliphatic heterocycles. The van der Waals surface area contributed by atoms with Gasteiger partial charge >= 0.3 is 0 Å². The Morgan fingerprint density at radius 2 is 1.88 bits per heavy atom. The van der Waals surface area contributed by atoms with E-state index in [0.717, 1.165) is 5.92 Å². The molecule has 0 radical (unpaired) electrons. The van der Waals surface area contributed by atoms with Crippen LogP contribution in [0.15, 0.2) is 0 Å². The van der Waals surface area contributed by atoms with Crippen LogP contribution in [0, 0.1) is 11.3 Å². The van der Waals surface area contributed by atoms with E-state index in [9.17, 15) is 0 Å². The van der Waals surface area contributed by atoms with Gasteiger partial charge in [0.2, 0.25) is 0 Å². The Morgan fingerprint density at radius 3 is 2.47 bits per heavy atom. The third-order valence-corrected chi connectivity index (χ3v) is 4.43. The van der Waals surface area contributed by atoms with E-state index in [1.807, 2.05) is 0 Å². The van der Waals surface area contributed by atoms with Gasteiger partial charge in [0.15, 0.2) is 0 Å². The summed E-state index contributed by atoms with van der Waals surface area (Å²) in [5, 5.41) is 3.52. The maximum Gasteiger partial charge on any atom is 0.0167 e. The first-order chi connectivity index (χ1) is 7.55. The van der Waals surface area contributed by atoms with Crippen LogP contribution in [-0.2, 0) is 0 Å². The highest BCUT2D eigenvalue weighted by Gasteiger charge is 2.28. The second-order valence-electron chi connectivity index (χ2n) is 6.72. The molecule has 2 fully saturated rings. The largest absolute Gasteiger partial charge is 0.312 e. The molecule has 1 unspecified atom stereocenters. The highest BCUT2D eigenvalue weighted by Crippen LogP contribution is 2.38. The Hall–Kier alpha value is 0.210. The molecule has 0 aromatic heterocycles. The Labute approximate surface area is 113 Å². The van der Waals surface area contributed by atoms with Crippen molar-refractivity contribution in [1.29, 1.82) is 0 Å². The zero-order valence-electron chi connectivity index (χ0n) is 11.7. The molecule has 1 N–H and O–H groups in total. The lowest BCUT2D eigenvalue weighted by atomic mass is 9.73. The zero-order chi connectivity index (χ0) is 11.6. The molecule has 2 rings (SSSR count). The van der Waals surface area contributed by atoms with Crippen LogP contribution >= 0.6 is 12.4 Å². The lowest BCUT2D eigenvalue weighted by Crippen LogP contribution is -2.50. The first-order valence-electron chi connectivity index (χ1n) is 7.01. The van der Waals surface area contributed by atoms with Gasteiger partial charge in [0.25, 0.3) is 0 Å². The normalized spacial score (nSPS) is 30.9. The fraction of sp³-hybridized carbons (Fsp3) is 1.00. The van der Waals surface area contributed by atoms with Gasteiger partial charge in [-0.2, -0.15) is 0 Å². The predicted molar refractivity (Wildman–Crippen MR) is 76.9 cm³/mol. The van der Waals surface area contributed by atoms with Crippen LogP contribution in [0.25, 0.3) is 0 Å². The monoisotopic (exact) mass is 260 g/mol. The molecule has 17 heavy (non-hydrogen) atoms. The van der Waals surface area contributed by atoms with E-state index < -0.39 is 0 Å². The van der Waals surface area contributed by atoms with E-state index in [4.69, 9.17) is 0 Å². The van der Waals surface area contributed by atoms with Crippen molar-refractivity contribution >= 4 is 12.4 Å². The van der Waals surface area contributed by atoms with Crippen LogP contribution in [-0.4, -0.2) is 37.1 Å². The minimum absolute atomic E-state index is 0. The third kappa shape index (κ3) is 4.76. The van der Waals surface area contributed by atoms with Gasteiger partial charge in [-0.05, 0) is 43.9 Å². The van der Waals surface area contributed by atoms with Crippen LogP contribution in [0.2, 0.25) is 0 Å². The average molecular weight is 261 g/mol. The van der Waals surface area contributed by atoms with Gasteiger partial charge in [-0.3, -0.25) is 0 Å². The summed E-state index contributed by atoms with van der Waals surface area (Å²) < 4.78 is 0. The van der Waals surface area contributed by atoms with Crippen molar-refractivity contribution in [2.75, 3.05) is 26.2 Å². The van der Waals surface area contributed by atoms with Crippen LogP contribution < -0.4 is 5.32 Å². The molecule has 0 amide bonds. The van der Waals surface area contributed by atoms with Gasteiger partial charge in [0.05, 0.1) is 0 Å². The summed E-state index contributed by atoms with van der Waals surface area (Å²) >= 11 is 0. The molecule has 3 heteroatoms. The molecule has 2 aliphatic rings. The molecule has 0 bridgehead atoms. The maximum atomic E-state index is 3.52. The number of halogens is 1. The van der Waals surface area contributed by atoms with Crippen molar-refractivity contribution in [3.8, 4) is 0 Å². The first kappa shape index (κ1) is 15.3. The van der Waals surface area contributed by atoms with Crippen LogP contribution in [0.5, 0.6) is 0 Å². The van der Waals surface area contributed by atoms with E-state index in [-0.39, 0.29) is 12.4 Å². The van der Waals surface area contributed by atoms with Crippen molar-refractivity contribution < 1.29 is 0 Å². The molecule has 1 aliphatic carbocycles. The Morgan fingerprint density at radius 1 is 1.24 bits per heavy atom. The molecule has 2 nitrogen and oxygen atoms in total. The van der Waals surface area contributed by atoms with Crippen molar-refractivity contribution in [3.05, 3.63) is 0 Å². The molecule has 1 saturated carbocycles. The highest BCUT2D eigenvalue weighted by atomic mass is 35.5. The first-order valence-corrected chi connectivity index (χ1v) is 7.01. The van der Waals surface area contributed by atoms with Gasteiger partial charge in [0.1, 0.15) is 0 Å². The molecule has 1 heterocycles. The Kier molecular flexibility index (Phi) is 5.75. The minimum atomic E-state index is 0. The van der Waals surface area contributed by atoms with Gasteiger partial charge < -0.3 is 10.2 Å².